The molecule has 0 radical (unpaired) electrons. The molecule has 0 amide bonds. The van der Waals surface area contributed by atoms with Gasteiger partial charge in [-0.15, -0.1) is 9.36 Å². The molecule has 2 aromatic rings. The minimum absolute atomic E-state index is 0.0503. The van der Waals surface area contributed by atoms with Crippen molar-refractivity contribution in [2.24, 2.45) is 57.8 Å². The Morgan fingerprint density at radius 3 is 2.43 bits per heavy atom. The van der Waals surface area contributed by atoms with E-state index in [1.807, 2.05) is 0 Å². The molecule has 0 unspecified atom stereocenters. The van der Waals surface area contributed by atoms with Gasteiger partial charge in [0.1, 0.15) is 19.3 Å². The highest BCUT2D eigenvalue weighted by atomic mass is 16.5. The van der Waals surface area contributed by atoms with Gasteiger partial charge in [0.25, 0.3) is 0 Å². The van der Waals surface area contributed by atoms with Crippen molar-refractivity contribution in [3.63, 3.8) is 0 Å². The van der Waals surface area contributed by atoms with Crippen molar-refractivity contribution < 1.29 is 14.2 Å². The van der Waals surface area contributed by atoms with E-state index in [1.54, 1.807) is 7.11 Å². The van der Waals surface area contributed by atoms with Crippen LogP contribution in [0.3, 0.4) is 0 Å². The average Bonchev–Trinajstić information content (AvgIpc) is 3.47. The molecule has 1 aliphatic heterocycles. The summed E-state index contributed by atoms with van der Waals surface area (Å²) in [5, 5.41) is 5.19. The molecule has 5 aliphatic carbocycles. The van der Waals surface area contributed by atoms with Crippen molar-refractivity contribution in [3.05, 3.63) is 41.2 Å². The zero-order valence-corrected chi connectivity index (χ0v) is 29.1. The Morgan fingerprint density at radius 1 is 0.909 bits per heavy atom. The average molecular weight is 601 g/mol. The molecule has 8 rings (SSSR count). The second-order valence-electron chi connectivity index (χ2n) is 18.5. The molecule has 5 nitrogen and oxygen atoms in total. The summed E-state index contributed by atoms with van der Waals surface area (Å²) in [6, 6.07) is 8.44. The predicted octanol–water partition coefficient (Wildman–Crippen LogP) is 7.67. The second kappa shape index (κ2) is 9.14. The molecule has 5 fully saturated rings. The molecule has 240 valence electrons. The van der Waals surface area contributed by atoms with E-state index in [4.69, 9.17) is 14.7 Å². The van der Waals surface area contributed by atoms with E-state index in [2.05, 4.69) is 89.1 Å². The molecule has 1 saturated heterocycles. The molecule has 5 heteroatoms. The van der Waals surface area contributed by atoms with Crippen LogP contribution < -0.4 is 9.42 Å². The monoisotopic (exact) mass is 600 g/mol. The van der Waals surface area contributed by atoms with Crippen molar-refractivity contribution in [2.75, 3.05) is 13.7 Å². The number of benzene rings is 1. The first-order valence-electron chi connectivity index (χ1n) is 17.9. The Morgan fingerprint density at radius 2 is 1.66 bits per heavy atom. The van der Waals surface area contributed by atoms with Crippen LogP contribution in [0, 0.1) is 50.7 Å². The number of para-hydroxylation sites is 1. The van der Waals surface area contributed by atoms with E-state index in [1.165, 1.54) is 68.3 Å². The van der Waals surface area contributed by atoms with Gasteiger partial charge in [-0.1, -0.05) is 66.7 Å². The number of fused-ring (bicyclic) bond motifs is 6. The van der Waals surface area contributed by atoms with Crippen LogP contribution in [0.25, 0.3) is 0 Å². The molecular weight excluding hydrogens is 542 g/mol. The van der Waals surface area contributed by atoms with E-state index in [0.29, 0.717) is 33.7 Å². The fourth-order valence-corrected chi connectivity index (χ4v) is 13.9. The Labute approximate surface area is 266 Å². The predicted molar refractivity (Wildman–Crippen MR) is 173 cm³/mol. The van der Waals surface area contributed by atoms with Crippen molar-refractivity contribution >= 4 is 0 Å². The summed E-state index contributed by atoms with van der Waals surface area (Å²) in [5.74, 6) is 3.90. The third kappa shape index (κ3) is 3.52. The van der Waals surface area contributed by atoms with Gasteiger partial charge in [0.2, 0.25) is 0 Å². The highest BCUT2D eigenvalue weighted by Crippen LogP contribution is 2.77. The first kappa shape index (κ1) is 29.5. The molecule has 0 spiro atoms. The first-order valence-corrected chi connectivity index (χ1v) is 17.9. The lowest BCUT2D eigenvalue weighted by Crippen LogP contribution is -2.68. The van der Waals surface area contributed by atoms with E-state index in [9.17, 15) is 0 Å². The fourth-order valence-electron chi connectivity index (χ4n) is 13.9. The SMILES string of the molecule is COc1ccccc1C[n+]1nn(C)c2c1C(C)(C)[C@@H]1CC[C@]3(C)[C@H](CC[C@@H]4[C@H]5[C@H]6OC[C@@]5(CCC6(C)C)CC[C@]43C)[C@@]1(C)C2. The molecular formula is C39H58N3O2+. The van der Waals surface area contributed by atoms with Gasteiger partial charge < -0.3 is 9.47 Å². The summed E-state index contributed by atoms with van der Waals surface area (Å²) in [7, 11) is 3.97. The normalized spacial score (nSPS) is 44.5. The van der Waals surface area contributed by atoms with Crippen LogP contribution in [0.2, 0.25) is 0 Å². The molecule has 2 bridgehead atoms. The van der Waals surface area contributed by atoms with Crippen LogP contribution >= 0.6 is 0 Å². The van der Waals surface area contributed by atoms with Crippen LogP contribution in [-0.4, -0.2) is 29.7 Å². The Balaban J connectivity index is 1.17. The number of hydrogen-bond donors (Lipinski definition) is 0. The number of ether oxygens (including phenoxy) is 2. The standard InChI is InChI=1S/C39H58N3O2/c1-34(2)18-20-39-21-19-37(6)26(31(39)33(34)44-24-39)14-15-30-36(5)22-27-32(35(3,4)29(36)16-17-38(30,37)7)42(40-41(27)8)23-25-12-10-11-13-28(25)43-9/h10-13,26,29-31,33H,14-24H2,1-9H3/q+1/t26-,29+,30-,31+,33-,36+,37-,38-,39-/m1/s1. The largest absolute Gasteiger partial charge is 0.496 e. The summed E-state index contributed by atoms with van der Waals surface area (Å²) in [6.45, 7) is 20.2. The van der Waals surface area contributed by atoms with Crippen molar-refractivity contribution in [3.8, 4) is 5.75 Å². The lowest BCUT2D eigenvalue weighted by Gasteiger charge is -2.72. The van der Waals surface area contributed by atoms with Gasteiger partial charge in [-0.2, -0.15) is 0 Å². The van der Waals surface area contributed by atoms with Gasteiger partial charge >= 0.3 is 0 Å². The molecule has 4 saturated carbocycles. The lowest BCUT2D eigenvalue weighted by molar-refractivity contribution is -0.757. The van der Waals surface area contributed by atoms with Crippen molar-refractivity contribution in [1.29, 1.82) is 0 Å². The Bertz CT molecular complexity index is 1490. The van der Waals surface area contributed by atoms with E-state index in [-0.39, 0.29) is 10.8 Å². The maximum Gasteiger partial charge on any atom is 0.177 e. The van der Waals surface area contributed by atoms with Gasteiger partial charge in [-0.05, 0) is 108 Å². The van der Waals surface area contributed by atoms with E-state index >= 15 is 0 Å². The molecule has 1 aromatic carbocycles. The first-order chi connectivity index (χ1) is 20.7. The summed E-state index contributed by atoms with van der Waals surface area (Å²) >= 11 is 0. The summed E-state index contributed by atoms with van der Waals surface area (Å²) < 4.78 is 17.1. The smallest absolute Gasteiger partial charge is 0.177 e. The van der Waals surface area contributed by atoms with Gasteiger partial charge in [-0.25, -0.2) is 0 Å². The highest BCUT2D eigenvalue weighted by Gasteiger charge is 2.73. The number of rotatable bonds is 3. The number of hydrogen-bond acceptors (Lipinski definition) is 3. The summed E-state index contributed by atoms with van der Waals surface area (Å²) in [6.07, 6.45) is 12.6. The molecule has 44 heavy (non-hydrogen) atoms. The van der Waals surface area contributed by atoms with Crippen LogP contribution in [0.1, 0.15) is 117 Å². The number of aromatic nitrogens is 3. The number of nitrogens with zero attached hydrogens (tertiary/aromatic N) is 3. The molecule has 2 heterocycles. The van der Waals surface area contributed by atoms with Crippen LogP contribution in [0.5, 0.6) is 5.75 Å². The van der Waals surface area contributed by atoms with Gasteiger partial charge in [0, 0.05) is 17.4 Å². The zero-order valence-electron chi connectivity index (χ0n) is 29.1. The van der Waals surface area contributed by atoms with E-state index < -0.39 is 0 Å². The molecule has 0 N–H and O–H groups in total. The highest BCUT2D eigenvalue weighted by molar-refractivity contribution is 5.33. The summed E-state index contributed by atoms with van der Waals surface area (Å²) in [5.41, 5.74) is 5.96. The second-order valence-corrected chi connectivity index (χ2v) is 18.5. The summed E-state index contributed by atoms with van der Waals surface area (Å²) in [4.78, 5) is 0. The minimum Gasteiger partial charge on any atom is -0.496 e. The minimum atomic E-state index is 0.0503. The lowest BCUT2D eigenvalue weighted by atomic mass is 9.31. The quantitative estimate of drug-likeness (QED) is 0.340. The fraction of sp³-hybridized carbons (Fsp3) is 0.795. The maximum atomic E-state index is 6.82. The van der Waals surface area contributed by atoms with Crippen molar-refractivity contribution in [2.45, 2.75) is 124 Å². The van der Waals surface area contributed by atoms with E-state index in [0.717, 1.165) is 43.1 Å². The number of aryl methyl sites for hydroxylation is 1. The van der Waals surface area contributed by atoms with Crippen LogP contribution in [-0.2, 0) is 30.2 Å². The zero-order chi connectivity index (χ0) is 31.1. The molecule has 6 aliphatic rings. The van der Waals surface area contributed by atoms with Gasteiger partial charge in [-0.3, -0.25) is 0 Å². The van der Waals surface area contributed by atoms with Gasteiger partial charge in [0.05, 0.1) is 25.0 Å². The van der Waals surface area contributed by atoms with Gasteiger partial charge in [0.15, 0.2) is 11.4 Å². The Hall–Kier alpha value is -1.88. The Kier molecular flexibility index (Phi) is 6.13. The third-order valence-electron chi connectivity index (χ3n) is 16.1. The van der Waals surface area contributed by atoms with Crippen LogP contribution in [0.15, 0.2) is 24.3 Å². The molecule has 9 atom stereocenters. The van der Waals surface area contributed by atoms with Crippen molar-refractivity contribution in [1.82, 2.24) is 9.90 Å². The topological polar surface area (TPSA) is 40.2 Å². The third-order valence-corrected chi connectivity index (χ3v) is 16.1. The maximum absolute atomic E-state index is 6.82. The number of methoxy groups -OCH3 is 1. The van der Waals surface area contributed by atoms with Crippen LogP contribution in [0.4, 0.5) is 0 Å². The molecule has 1 aromatic heterocycles.